The molecular weight excluding hydrogens is 236 g/mol. The number of halogens is 1. The van der Waals surface area contributed by atoms with Gasteiger partial charge in [0.1, 0.15) is 0 Å². The molecule has 1 unspecified atom stereocenters. The molecule has 0 aromatic heterocycles. The number of piperidine rings is 1. The molecule has 17 heavy (non-hydrogen) atoms. The molecule has 1 atom stereocenters. The summed E-state index contributed by atoms with van der Waals surface area (Å²) < 4.78 is 0. The van der Waals surface area contributed by atoms with Crippen molar-refractivity contribution in [2.24, 2.45) is 5.73 Å². The minimum Gasteiger partial charge on any atom is -0.393 e. The normalized spacial score (nSPS) is 20.4. The van der Waals surface area contributed by atoms with E-state index in [9.17, 15) is 5.11 Å². The Balaban J connectivity index is 2.08. The summed E-state index contributed by atoms with van der Waals surface area (Å²) in [4.78, 5) is 2.34. The fourth-order valence-corrected chi connectivity index (χ4v) is 2.50. The van der Waals surface area contributed by atoms with Crippen LogP contribution in [0.3, 0.4) is 0 Å². The molecule has 1 heterocycles. The van der Waals surface area contributed by atoms with Crippen molar-refractivity contribution in [3.05, 3.63) is 34.9 Å². The highest BCUT2D eigenvalue weighted by Crippen LogP contribution is 2.24. The number of aliphatic hydroxyl groups excluding tert-OH is 1. The zero-order valence-corrected chi connectivity index (χ0v) is 10.6. The van der Waals surface area contributed by atoms with E-state index in [-0.39, 0.29) is 12.1 Å². The van der Waals surface area contributed by atoms with Gasteiger partial charge in [0.15, 0.2) is 0 Å². The van der Waals surface area contributed by atoms with Gasteiger partial charge in [0.2, 0.25) is 0 Å². The molecule has 1 fully saturated rings. The van der Waals surface area contributed by atoms with Crippen molar-refractivity contribution >= 4 is 11.6 Å². The number of likely N-dealkylation sites (tertiary alicyclic amines) is 1. The third-order valence-electron chi connectivity index (χ3n) is 3.42. The lowest BCUT2D eigenvalue weighted by Gasteiger charge is -2.35. The molecule has 3 nitrogen and oxygen atoms in total. The van der Waals surface area contributed by atoms with Gasteiger partial charge in [-0.3, -0.25) is 4.90 Å². The highest BCUT2D eigenvalue weighted by Gasteiger charge is 2.24. The maximum Gasteiger partial charge on any atom is 0.0564 e. The largest absolute Gasteiger partial charge is 0.393 e. The fraction of sp³-hybridized carbons (Fsp3) is 0.538. The van der Waals surface area contributed by atoms with E-state index in [4.69, 9.17) is 17.3 Å². The molecule has 3 N–H and O–H groups in total. The first kappa shape index (κ1) is 12.8. The van der Waals surface area contributed by atoms with Crippen LogP contribution in [0, 0.1) is 0 Å². The number of nitrogens with two attached hydrogens (primary N) is 1. The fourth-order valence-electron chi connectivity index (χ4n) is 2.38. The summed E-state index contributed by atoms with van der Waals surface area (Å²) in [5.74, 6) is 0. The van der Waals surface area contributed by atoms with E-state index in [1.54, 1.807) is 0 Å². The topological polar surface area (TPSA) is 49.5 Å². The molecular formula is C13H19ClN2O. The molecule has 1 aliphatic rings. The van der Waals surface area contributed by atoms with E-state index in [0.717, 1.165) is 31.0 Å². The van der Waals surface area contributed by atoms with Crippen molar-refractivity contribution in [3.63, 3.8) is 0 Å². The third-order valence-corrected chi connectivity index (χ3v) is 3.67. The molecule has 0 radical (unpaired) electrons. The Hall–Kier alpha value is -0.610. The summed E-state index contributed by atoms with van der Waals surface area (Å²) in [6.45, 7) is 2.41. The van der Waals surface area contributed by atoms with Crippen molar-refractivity contribution in [3.8, 4) is 0 Å². The minimum atomic E-state index is -0.144. The first-order valence-electron chi connectivity index (χ1n) is 6.08. The van der Waals surface area contributed by atoms with E-state index < -0.39 is 0 Å². The van der Waals surface area contributed by atoms with E-state index in [0.29, 0.717) is 6.54 Å². The highest BCUT2D eigenvalue weighted by atomic mass is 35.5. The number of aliphatic hydroxyl groups is 1. The monoisotopic (exact) mass is 254 g/mol. The molecule has 0 saturated carbocycles. The number of benzene rings is 1. The molecule has 1 aromatic carbocycles. The van der Waals surface area contributed by atoms with Gasteiger partial charge in [-0.25, -0.2) is 0 Å². The van der Waals surface area contributed by atoms with Crippen molar-refractivity contribution in [1.82, 2.24) is 4.90 Å². The molecule has 0 bridgehead atoms. The molecule has 0 aliphatic carbocycles. The lowest BCUT2D eigenvalue weighted by Crippen LogP contribution is -2.41. The Labute approximate surface area is 107 Å². The van der Waals surface area contributed by atoms with Gasteiger partial charge in [0.25, 0.3) is 0 Å². The second-order valence-corrected chi connectivity index (χ2v) is 5.01. The van der Waals surface area contributed by atoms with Crippen LogP contribution in [0.15, 0.2) is 24.3 Å². The van der Waals surface area contributed by atoms with Gasteiger partial charge in [0.05, 0.1) is 6.10 Å². The van der Waals surface area contributed by atoms with Crippen LogP contribution >= 0.6 is 11.6 Å². The van der Waals surface area contributed by atoms with Gasteiger partial charge >= 0.3 is 0 Å². The Morgan fingerprint density at radius 2 is 1.88 bits per heavy atom. The summed E-state index contributed by atoms with van der Waals surface area (Å²) in [6.07, 6.45) is 1.53. The van der Waals surface area contributed by atoms with Crippen molar-refractivity contribution in [2.45, 2.75) is 25.0 Å². The first-order valence-corrected chi connectivity index (χ1v) is 6.46. The number of hydrogen-bond acceptors (Lipinski definition) is 3. The van der Waals surface area contributed by atoms with Gasteiger partial charge in [-0.2, -0.15) is 0 Å². The van der Waals surface area contributed by atoms with Crippen LogP contribution in [0.1, 0.15) is 24.4 Å². The minimum absolute atomic E-state index is 0.144. The zero-order valence-electron chi connectivity index (χ0n) is 9.85. The average molecular weight is 255 g/mol. The molecule has 1 aliphatic heterocycles. The Morgan fingerprint density at radius 1 is 1.29 bits per heavy atom. The van der Waals surface area contributed by atoms with Crippen LogP contribution in [0.4, 0.5) is 0 Å². The van der Waals surface area contributed by atoms with E-state index >= 15 is 0 Å². The highest BCUT2D eigenvalue weighted by molar-refractivity contribution is 6.30. The Morgan fingerprint density at radius 3 is 2.41 bits per heavy atom. The van der Waals surface area contributed by atoms with Gasteiger partial charge in [-0.05, 0) is 30.5 Å². The summed E-state index contributed by atoms with van der Waals surface area (Å²) in [5, 5.41) is 10.3. The van der Waals surface area contributed by atoms with Crippen LogP contribution < -0.4 is 5.73 Å². The van der Waals surface area contributed by atoms with Gasteiger partial charge < -0.3 is 10.8 Å². The summed E-state index contributed by atoms with van der Waals surface area (Å²) in [5.41, 5.74) is 7.07. The maximum absolute atomic E-state index is 9.51. The smallest absolute Gasteiger partial charge is 0.0564 e. The lowest BCUT2D eigenvalue weighted by atomic mass is 10.0. The summed E-state index contributed by atoms with van der Waals surface area (Å²) >= 11 is 5.89. The summed E-state index contributed by atoms with van der Waals surface area (Å²) in [7, 11) is 0. The standard InChI is InChI=1S/C13H19ClN2O/c14-11-3-1-10(2-4-11)13(9-15)16-7-5-12(17)6-8-16/h1-4,12-13,17H,5-9,15H2. The zero-order chi connectivity index (χ0) is 12.3. The Bertz CT molecular complexity index is 347. The molecule has 94 valence electrons. The lowest BCUT2D eigenvalue weighted by molar-refractivity contribution is 0.0622. The van der Waals surface area contributed by atoms with E-state index in [1.165, 1.54) is 5.56 Å². The number of rotatable bonds is 3. The Kier molecular flexibility index (Phi) is 4.40. The van der Waals surface area contributed by atoms with E-state index in [1.807, 2.05) is 24.3 Å². The molecule has 4 heteroatoms. The number of nitrogens with zero attached hydrogens (tertiary/aromatic N) is 1. The molecule has 1 aromatic rings. The van der Waals surface area contributed by atoms with Crippen molar-refractivity contribution in [2.75, 3.05) is 19.6 Å². The van der Waals surface area contributed by atoms with Gasteiger partial charge in [-0.1, -0.05) is 23.7 Å². The molecule has 1 saturated heterocycles. The second kappa shape index (κ2) is 5.83. The predicted molar refractivity (Wildman–Crippen MR) is 70.1 cm³/mol. The molecule has 0 amide bonds. The summed E-state index contributed by atoms with van der Waals surface area (Å²) in [6, 6.07) is 8.10. The maximum atomic E-state index is 9.51. The second-order valence-electron chi connectivity index (χ2n) is 4.57. The molecule has 2 rings (SSSR count). The van der Waals surface area contributed by atoms with E-state index in [2.05, 4.69) is 4.90 Å². The van der Waals surface area contributed by atoms with Crippen molar-refractivity contribution in [1.29, 1.82) is 0 Å². The number of hydrogen-bond donors (Lipinski definition) is 2. The average Bonchev–Trinajstić information content (AvgIpc) is 2.35. The van der Waals surface area contributed by atoms with Crippen LogP contribution in [0.2, 0.25) is 5.02 Å². The SMILES string of the molecule is NCC(c1ccc(Cl)cc1)N1CCC(O)CC1. The predicted octanol–water partition coefficient (Wildman–Crippen LogP) is 1.80. The first-order chi connectivity index (χ1) is 8.20. The van der Waals surface area contributed by atoms with Crippen LogP contribution in [-0.2, 0) is 0 Å². The van der Waals surface area contributed by atoms with Crippen LogP contribution in [0.5, 0.6) is 0 Å². The third kappa shape index (κ3) is 3.19. The molecule has 0 spiro atoms. The quantitative estimate of drug-likeness (QED) is 0.865. The van der Waals surface area contributed by atoms with Gasteiger partial charge in [0, 0.05) is 30.7 Å². The van der Waals surface area contributed by atoms with Crippen molar-refractivity contribution < 1.29 is 5.11 Å². The van der Waals surface area contributed by atoms with Gasteiger partial charge in [-0.15, -0.1) is 0 Å². The van der Waals surface area contributed by atoms with Crippen LogP contribution in [-0.4, -0.2) is 35.7 Å². The van der Waals surface area contributed by atoms with Crippen LogP contribution in [0.25, 0.3) is 0 Å².